The van der Waals surface area contributed by atoms with Crippen molar-refractivity contribution in [3.05, 3.63) is 35.9 Å². The molecule has 0 radical (unpaired) electrons. The first-order valence-electron chi connectivity index (χ1n) is 9.18. The highest BCUT2D eigenvalue weighted by Gasteiger charge is 2.59. The lowest BCUT2D eigenvalue weighted by Gasteiger charge is -2.43. The number of carbonyl (C=O) groups is 1. The second kappa shape index (κ2) is 5.62. The van der Waals surface area contributed by atoms with E-state index in [1.807, 2.05) is 0 Å². The lowest BCUT2D eigenvalue weighted by molar-refractivity contribution is -0.132. The standard InChI is InChI=1S/C20H28N2O/c1-14(23)22-17-13-20(2)18(10-6-7-11-19(20)22)21-16(17)12-15-8-4-3-5-9-15/h3-5,8-9,16-19,21H,6-7,10-13H2,1-2H3/t16-,17+,18-,19+,20-/m1/s1. The Kier molecular flexibility index (Phi) is 3.72. The zero-order valence-electron chi connectivity index (χ0n) is 14.3. The van der Waals surface area contributed by atoms with Crippen molar-refractivity contribution >= 4 is 5.91 Å². The first kappa shape index (κ1) is 15.2. The summed E-state index contributed by atoms with van der Waals surface area (Å²) < 4.78 is 0. The number of amides is 1. The van der Waals surface area contributed by atoms with Gasteiger partial charge in [0.25, 0.3) is 0 Å². The molecule has 23 heavy (non-hydrogen) atoms. The van der Waals surface area contributed by atoms with Gasteiger partial charge in [0.05, 0.1) is 0 Å². The molecule has 2 heterocycles. The summed E-state index contributed by atoms with van der Waals surface area (Å²) in [5.41, 5.74) is 1.64. The minimum Gasteiger partial charge on any atom is -0.335 e. The maximum absolute atomic E-state index is 12.4. The smallest absolute Gasteiger partial charge is 0.220 e. The summed E-state index contributed by atoms with van der Waals surface area (Å²) in [7, 11) is 0. The normalized spacial score (nSPS) is 39.1. The van der Waals surface area contributed by atoms with Crippen LogP contribution in [-0.4, -0.2) is 35.0 Å². The van der Waals surface area contributed by atoms with Crippen LogP contribution in [0.3, 0.4) is 0 Å². The van der Waals surface area contributed by atoms with E-state index >= 15 is 0 Å². The third-order valence-corrected chi connectivity index (χ3v) is 6.66. The largest absolute Gasteiger partial charge is 0.335 e. The number of hydrogen-bond donors (Lipinski definition) is 1. The monoisotopic (exact) mass is 312 g/mol. The van der Waals surface area contributed by atoms with Crippen LogP contribution in [0.1, 0.15) is 51.5 Å². The van der Waals surface area contributed by atoms with Crippen molar-refractivity contribution < 1.29 is 4.79 Å². The van der Waals surface area contributed by atoms with Crippen molar-refractivity contribution in [2.24, 2.45) is 5.41 Å². The van der Waals surface area contributed by atoms with E-state index < -0.39 is 0 Å². The summed E-state index contributed by atoms with van der Waals surface area (Å²) in [5.74, 6) is 0.270. The van der Waals surface area contributed by atoms with Crippen LogP contribution in [-0.2, 0) is 11.2 Å². The van der Waals surface area contributed by atoms with Crippen molar-refractivity contribution in [3.63, 3.8) is 0 Å². The predicted molar refractivity (Wildman–Crippen MR) is 92.1 cm³/mol. The molecule has 2 bridgehead atoms. The lowest BCUT2D eigenvalue weighted by atomic mass is 9.70. The summed E-state index contributed by atoms with van der Waals surface area (Å²) in [6.07, 6.45) is 7.19. The topological polar surface area (TPSA) is 32.3 Å². The van der Waals surface area contributed by atoms with Crippen molar-refractivity contribution in [3.8, 4) is 0 Å². The Morgan fingerprint density at radius 3 is 2.74 bits per heavy atom. The van der Waals surface area contributed by atoms with E-state index in [4.69, 9.17) is 0 Å². The van der Waals surface area contributed by atoms with Crippen molar-refractivity contribution in [1.29, 1.82) is 0 Å². The van der Waals surface area contributed by atoms with Gasteiger partial charge in [-0.05, 0) is 31.2 Å². The highest BCUT2D eigenvalue weighted by molar-refractivity contribution is 5.75. The number of likely N-dealkylation sites (tertiary alicyclic amines) is 1. The van der Waals surface area contributed by atoms with Crippen molar-refractivity contribution in [2.45, 2.75) is 76.5 Å². The van der Waals surface area contributed by atoms with E-state index in [0.717, 1.165) is 6.42 Å². The Morgan fingerprint density at radius 1 is 1.26 bits per heavy atom. The van der Waals surface area contributed by atoms with Gasteiger partial charge in [0.1, 0.15) is 0 Å². The zero-order valence-corrected chi connectivity index (χ0v) is 14.3. The van der Waals surface area contributed by atoms with Crippen LogP contribution in [0.2, 0.25) is 0 Å². The van der Waals surface area contributed by atoms with Crippen LogP contribution in [0.25, 0.3) is 0 Å². The second-order valence-electron chi connectivity index (χ2n) is 8.02. The molecule has 0 spiro atoms. The predicted octanol–water partition coefficient (Wildman–Crippen LogP) is 3.14. The Bertz CT molecular complexity index is 587. The molecule has 124 valence electrons. The average molecular weight is 312 g/mol. The number of fused-ring (bicyclic) bond motifs is 1. The van der Waals surface area contributed by atoms with Gasteiger partial charge in [-0.25, -0.2) is 0 Å². The number of nitrogens with one attached hydrogen (secondary N) is 1. The van der Waals surface area contributed by atoms with Crippen LogP contribution in [0.4, 0.5) is 0 Å². The molecule has 1 saturated carbocycles. The van der Waals surface area contributed by atoms with Crippen LogP contribution in [0.5, 0.6) is 0 Å². The first-order valence-corrected chi connectivity index (χ1v) is 9.18. The fourth-order valence-corrected chi connectivity index (χ4v) is 5.59. The molecule has 1 N–H and O–H groups in total. The molecule has 2 aliphatic heterocycles. The average Bonchev–Trinajstić information content (AvgIpc) is 2.69. The molecule has 1 aromatic carbocycles. The van der Waals surface area contributed by atoms with Crippen LogP contribution < -0.4 is 5.32 Å². The Balaban J connectivity index is 1.67. The summed E-state index contributed by atoms with van der Waals surface area (Å²) in [5, 5.41) is 3.97. The summed E-state index contributed by atoms with van der Waals surface area (Å²) in [6.45, 7) is 4.19. The third-order valence-electron chi connectivity index (χ3n) is 6.66. The van der Waals surface area contributed by atoms with Crippen LogP contribution in [0, 0.1) is 5.41 Å². The van der Waals surface area contributed by atoms with Crippen molar-refractivity contribution in [2.75, 3.05) is 0 Å². The first-order chi connectivity index (χ1) is 11.1. The SMILES string of the molecule is CC(=O)N1[C@H]2CCCC[C@H]3N[C@H](Cc4ccccc4)[C@@H]1C[C@@]23C. The maximum atomic E-state index is 12.4. The minimum atomic E-state index is 0.264. The molecule has 5 atom stereocenters. The van der Waals surface area contributed by atoms with E-state index in [0.29, 0.717) is 24.2 Å². The van der Waals surface area contributed by atoms with E-state index in [9.17, 15) is 4.79 Å². The van der Waals surface area contributed by atoms with Gasteiger partial charge in [-0.1, -0.05) is 50.1 Å². The molecule has 3 fully saturated rings. The second-order valence-corrected chi connectivity index (χ2v) is 8.02. The van der Waals surface area contributed by atoms with Crippen LogP contribution in [0.15, 0.2) is 30.3 Å². The van der Waals surface area contributed by atoms with E-state index in [2.05, 4.69) is 47.5 Å². The van der Waals surface area contributed by atoms with E-state index in [-0.39, 0.29) is 11.3 Å². The molecule has 0 unspecified atom stereocenters. The zero-order chi connectivity index (χ0) is 16.0. The molecule has 3 aliphatic rings. The molecule has 3 heteroatoms. The minimum absolute atomic E-state index is 0.264. The molecular formula is C20H28N2O. The number of hydrogen-bond acceptors (Lipinski definition) is 2. The number of nitrogens with zero attached hydrogens (tertiary/aromatic N) is 1. The van der Waals surface area contributed by atoms with Gasteiger partial charge in [-0.3, -0.25) is 4.79 Å². The number of benzene rings is 1. The Labute approximate surface area is 139 Å². The van der Waals surface area contributed by atoms with Crippen LogP contribution >= 0.6 is 0 Å². The molecular weight excluding hydrogens is 284 g/mol. The van der Waals surface area contributed by atoms with E-state index in [1.54, 1.807) is 6.92 Å². The quantitative estimate of drug-likeness (QED) is 0.910. The maximum Gasteiger partial charge on any atom is 0.220 e. The number of piperidine rings is 1. The third kappa shape index (κ3) is 2.40. The van der Waals surface area contributed by atoms with E-state index in [1.165, 1.54) is 37.7 Å². The van der Waals surface area contributed by atoms with Gasteiger partial charge in [-0.2, -0.15) is 0 Å². The molecule has 2 saturated heterocycles. The van der Waals surface area contributed by atoms with Gasteiger partial charge in [0.2, 0.25) is 5.91 Å². The Hall–Kier alpha value is -1.35. The molecule has 4 rings (SSSR count). The fraction of sp³-hybridized carbons (Fsp3) is 0.650. The number of carbonyl (C=O) groups excluding carboxylic acids is 1. The summed E-state index contributed by atoms with van der Waals surface area (Å²) in [6, 6.07) is 12.5. The molecule has 1 aromatic rings. The summed E-state index contributed by atoms with van der Waals surface area (Å²) in [4.78, 5) is 14.7. The molecule has 0 aromatic heterocycles. The molecule has 1 aliphatic carbocycles. The highest BCUT2D eigenvalue weighted by Crippen LogP contribution is 2.52. The lowest BCUT2D eigenvalue weighted by Crippen LogP contribution is -2.57. The van der Waals surface area contributed by atoms with Gasteiger partial charge >= 0.3 is 0 Å². The fourth-order valence-electron chi connectivity index (χ4n) is 5.59. The van der Waals surface area contributed by atoms with Crippen molar-refractivity contribution in [1.82, 2.24) is 10.2 Å². The van der Waals surface area contributed by atoms with Gasteiger partial charge in [0.15, 0.2) is 0 Å². The highest BCUT2D eigenvalue weighted by atomic mass is 16.2. The summed E-state index contributed by atoms with van der Waals surface area (Å²) >= 11 is 0. The number of rotatable bonds is 2. The van der Waals surface area contributed by atoms with Gasteiger partial charge < -0.3 is 10.2 Å². The van der Waals surface area contributed by atoms with Gasteiger partial charge in [0, 0.05) is 36.5 Å². The molecule has 3 nitrogen and oxygen atoms in total. The Morgan fingerprint density at radius 2 is 2.00 bits per heavy atom. The molecule has 1 amide bonds. The van der Waals surface area contributed by atoms with Gasteiger partial charge in [-0.15, -0.1) is 0 Å².